The zero-order valence-electron chi connectivity index (χ0n) is 16.5. The zero-order valence-corrected chi connectivity index (χ0v) is 16.5. The minimum Gasteiger partial charge on any atom is -0.444 e. The van der Waals surface area contributed by atoms with Crippen LogP contribution in [0.4, 0.5) is 4.79 Å². The number of carbonyl (C=O) groups is 2. The number of ether oxygens (including phenoxy) is 2. The molecule has 2 heterocycles. The lowest BCUT2D eigenvalue weighted by Gasteiger charge is -2.44. The molecule has 6 heteroatoms. The van der Waals surface area contributed by atoms with Gasteiger partial charge in [-0.1, -0.05) is 12.8 Å². The average Bonchev–Trinajstić information content (AvgIpc) is 2.60. The van der Waals surface area contributed by atoms with Crippen LogP contribution in [0.2, 0.25) is 0 Å². The van der Waals surface area contributed by atoms with Crippen LogP contribution < -0.4 is 0 Å². The first-order chi connectivity index (χ1) is 12.3. The van der Waals surface area contributed by atoms with Crippen molar-refractivity contribution in [2.24, 2.45) is 5.92 Å². The summed E-state index contributed by atoms with van der Waals surface area (Å²) in [6, 6.07) is 0.284. The Bertz CT molecular complexity index is 506. The van der Waals surface area contributed by atoms with Crippen molar-refractivity contribution in [1.29, 1.82) is 0 Å². The van der Waals surface area contributed by atoms with Crippen LogP contribution in [0.5, 0.6) is 0 Å². The number of piperidine rings is 1. The van der Waals surface area contributed by atoms with Gasteiger partial charge in [0, 0.05) is 26.1 Å². The van der Waals surface area contributed by atoms with Gasteiger partial charge in [-0.2, -0.15) is 0 Å². The van der Waals surface area contributed by atoms with E-state index in [1.807, 2.05) is 20.8 Å². The summed E-state index contributed by atoms with van der Waals surface area (Å²) < 4.78 is 11.3. The topological polar surface area (TPSA) is 59.1 Å². The molecule has 0 radical (unpaired) electrons. The van der Waals surface area contributed by atoms with E-state index in [9.17, 15) is 9.59 Å². The van der Waals surface area contributed by atoms with E-state index in [0.29, 0.717) is 32.0 Å². The van der Waals surface area contributed by atoms with Gasteiger partial charge in [0.05, 0.1) is 18.8 Å². The van der Waals surface area contributed by atoms with Gasteiger partial charge < -0.3 is 19.3 Å². The number of hydrogen-bond donors (Lipinski definition) is 0. The van der Waals surface area contributed by atoms with Crippen molar-refractivity contribution in [3.8, 4) is 0 Å². The molecule has 2 atom stereocenters. The second-order valence-electron chi connectivity index (χ2n) is 8.96. The first-order valence-electron chi connectivity index (χ1n) is 10.2. The standard InChI is InChI=1S/C20H34N2O4/c1-20(2,3)26-19(24)21-10-8-15(9-11-21)14-18(23)22-12-13-25-17-7-5-4-6-16(17)22/h15-17H,4-14H2,1-3H3/t16-,17-/m1/s1. The van der Waals surface area contributed by atoms with Gasteiger partial charge in [0.25, 0.3) is 0 Å². The monoisotopic (exact) mass is 366 g/mol. The van der Waals surface area contributed by atoms with Crippen LogP contribution in [0.15, 0.2) is 0 Å². The maximum absolute atomic E-state index is 12.9. The summed E-state index contributed by atoms with van der Waals surface area (Å²) in [6.07, 6.45) is 6.94. The molecule has 0 bridgehead atoms. The molecular weight excluding hydrogens is 332 g/mol. The Morgan fingerprint density at radius 1 is 1.04 bits per heavy atom. The van der Waals surface area contributed by atoms with Gasteiger partial charge >= 0.3 is 6.09 Å². The molecule has 2 aliphatic heterocycles. The Kier molecular flexibility index (Phi) is 6.10. The summed E-state index contributed by atoms with van der Waals surface area (Å²) in [5.74, 6) is 0.645. The van der Waals surface area contributed by atoms with E-state index in [2.05, 4.69) is 4.90 Å². The number of rotatable bonds is 2. The Morgan fingerprint density at radius 3 is 2.42 bits per heavy atom. The minimum atomic E-state index is -0.462. The zero-order chi connectivity index (χ0) is 18.7. The number of fused-ring (bicyclic) bond motifs is 1. The van der Waals surface area contributed by atoms with E-state index in [0.717, 1.165) is 32.2 Å². The van der Waals surface area contributed by atoms with Crippen molar-refractivity contribution >= 4 is 12.0 Å². The van der Waals surface area contributed by atoms with E-state index in [-0.39, 0.29) is 24.1 Å². The highest BCUT2D eigenvalue weighted by molar-refractivity contribution is 5.77. The number of morpholine rings is 1. The minimum absolute atomic E-state index is 0.236. The van der Waals surface area contributed by atoms with E-state index in [1.54, 1.807) is 4.90 Å². The number of hydrogen-bond acceptors (Lipinski definition) is 4. The van der Waals surface area contributed by atoms with E-state index in [4.69, 9.17) is 9.47 Å². The predicted octanol–water partition coefficient (Wildman–Crippen LogP) is 3.19. The van der Waals surface area contributed by atoms with Crippen LogP contribution in [-0.2, 0) is 14.3 Å². The fourth-order valence-electron chi connectivity index (χ4n) is 4.42. The van der Waals surface area contributed by atoms with Gasteiger partial charge in [0.15, 0.2) is 0 Å². The summed E-state index contributed by atoms with van der Waals surface area (Å²) >= 11 is 0. The molecule has 3 rings (SSSR count). The van der Waals surface area contributed by atoms with Gasteiger partial charge in [-0.25, -0.2) is 4.79 Å². The molecule has 0 aromatic carbocycles. The molecule has 148 valence electrons. The van der Waals surface area contributed by atoms with Crippen LogP contribution in [0.1, 0.15) is 65.7 Å². The summed E-state index contributed by atoms with van der Waals surface area (Å²) in [5.41, 5.74) is -0.462. The maximum Gasteiger partial charge on any atom is 0.410 e. The van der Waals surface area contributed by atoms with Gasteiger partial charge in [-0.05, 0) is 52.4 Å². The highest BCUT2D eigenvalue weighted by atomic mass is 16.6. The molecular formula is C20H34N2O4. The van der Waals surface area contributed by atoms with Crippen molar-refractivity contribution in [1.82, 2.24) is 9.80 Å². The smallest absolute Gasteiger partial charge is 0.410 e. The molecule has 0 aromatic rings. The largest absolute Gasteiger partial charge is 0.444 e. The van der Waals surface area contributed by atoms with Crippen molar-refractivity contribution in [2.75, 3.05) is 26.2 Å². The van der Waals surface area contributed by atoms with Crippen LogP contribution in [0, 0.1) is 5.92 Å². The third-order valence-corrected chi connectivity index (χ3v) is 5.78. The van der Waals surface area contributed by atoms with Crippen molar-refractivity contribution in [3.05, 3.63) is 0 Å². The fraction of sp³-hybridized carbons (Fsp3) is 0.900. The van der Waals surface area contributed by atoms with Crippen LogP contribution in [0.3, 0.4) is 0 Å². The highest BCUT2D eigenvalue weighted by Gasteiger charge is 2.37. The van der Waals surface area contributed by atoms with Gasteiger partial charge in [-0.15, -0.1) is 0 Å². The normalized spacial score (nSPS) is 27.8. The summed E-state index contributed by atoms with van der Waals surface area (Å²) in [6.45, 7) is 8.43. The lowest BCUT2D eigenvalue weighted by molar-refractivity contribution is -0.150. The first-order valence-corrected chi connectivity index (χ1v) is 10.2. The Morgan fingerprint density at radius 2 is 1.73 bits per heavy atom. The number of nitrogens with zero attached hydrogens (tertiary/aromatic N) is 2. The molecule has 6 nitrogen and oxygen atoms in total. The summed E-state index contributed by atoms with van der Waals surface area (Å²) in [5, 5.41) is 0. The van der Waals surface area contributed by atoms with Crippen molar-refractivity contribution < 1.29 is 19.1 Å². The van der Waals surface area contributed by atoms with Crippen molar-refractivity contribution in [3.63, 3.8) is 0 Å². The second-order valence-corrected chi connectivity index (χ2v) is 8.96. The summed E-state index contributed by atoms with van der Waals surface area (Å²) in [7, 11) is 0. The number of likely N-dealkylation sites (tertiary alicyclic amines) is 1. The predicted molar refractivity (Wildman–Crippen MR) is 98.9 cm³/mol. The molecule has 3 fully saturated rings. The molecule has 0 aromatic heterocycles. The Balaban J connectivity index is 1.46. The molecule has 0 N–H and O–H groups in total. The molecule has 0 spiro atoms. The SMILES string of the molecule is CC(C)(C)OC(=O)N1CCC(CC(=O)N2CCO[C@@H]3CCCC[C@H]32)CC1. The van der Waals surface area contributed by atoms with Crippen LogP contribution in [0.25, 0.3) is 0 Å². The first kappa shape index (κ1) is 19.5. The number of amides is 2. The molecule has 3 aliphatic rings. The molecule has 2 amide bonds. The third-order valence-electron chi connectivity index (χ3n) is 5.78. The van der Waals surface area contributed by atoms with Crippen LogP contribution in [-0.4, -0.2) is 65.8 Å². The maximum atomic E-state index is 12.9. The Labute approximate surface area is 157 Å². The van der Waals surface area contributed by atoms with E-state index >= 15 is 0 Å². The molecule has 1 aliphatic carbocycles. The van der Waals surface area contributed by atoms with Crippen molar-refractivity contribution in [2.45, 2.75) is 83.5 Å². The summed E-state index contributed by atoms with van der Waals surface area (Å²) in [4.78, 5) is 28.9. The van der Waals surface area contributed by atoms with E-state index in [1.165, 1.54) is 12.8 Å². The van der Waals surface area contributed by atoms with Crippen LogP contribution >= 0.6 is 0 Å². The quantitative estimate of drug-likeness (QED) is 0.753. The third kappa shape index (κ3) is 4.90. The highest BCUT2D eigenvalue weighted by Crippen LogP contribution is 2.30. The molecule has 1 saturated carbocycles. The van der Waals surface area contributed by atoms with Gasteiger partial charge in [-0.3, -0.25) is 4.79 Å². The fourth-order valence-corrected chi connectivity index (χ4v) is 4.42. The lowest BCUT2D eigenvalue weighted by Crippen LogP contribution is -2.55. The number of carbonyl (C=O) groups excluding carboxylic acids is 2. The van der Waals surface area contributed by atoms with Gasteiger partial charge in [0.2, 0.25) is 5.91 Å². The molecule has 2 saturated heterocycles. The van der Waals surface area contributed by atoms with Gasteiger partial charge in [0.1, 0.15) is 5.60 Å². The molecule has 0 unspecified atom stereocenters. The average molecular weight is 367 g/mol. The van der Waals surface area contributed by atoms with E-state index < -0.39 is 5.60 Å². The second kappa shape index (κ2) is 8.15. The lowest BCUT2D eigenvalue weighted by atomic mass is 9.88. The Hall–Kier alpha value is -1.30. The molecule has 26 heavy (non-hydrogen) atoms.